The number of aryl methyl sites for hydroxylation is 1. The van der Waals surface area contributed by atoms with Gasteiger partial charge in [-0.05, 0) is 38.8 Å². The maximum Gasteiger partial charge on any atom is 0.126 e. The Kier molecular flexibility index (Phi) is 4.48. The molecule has 4 heteroatoms. The first-order chi connectivity index (χ1) is 10.1. The fraction of sp³-hybridized carbons (Fsp3) is 0.471. The largest absolute Gasteiger partial charge is 0.368 e. The summed E-state index contributed by atoms with van der Waals surface area (Å²) >= 11 is 5.29. The van der Waals surface area contributed by atoms with Crippen LogP contribution in [0.4, 0.5) is 0 Å². The van der Waals surface area contributed by atoms with Crippen molar-refractivity contribution in [2.24, 2.45) is 0 Å². The average Bonchev–Trinajstić information content (AvgIpc) is 3.08. The summed E-state index contributed by atoms with van der Waals surface area (Å²) in [5.41, 5.74) is 2.16. The van der Waals surface area contributed by atoms with E-state index in [-0.39, 0.29) is 5.60 Å². The van der Waals surface area contributed by atoms with E-state index >= 15 is 0 Å². The highest BCUT2D eigenvalue weighted by molar-refractivity contribution is 9.10. The molecule has 2 nitrogen and oxygen atoms in total. The second kappa shape index (κ2) is 6.19. The van der Waals surface area contributed by atoms with Gasteiger partial charge in [0.1, 0.15) is 10.6 Å². The van der Waals surface area contributed by atoms with Crippen LogP contribution in [-0.2, 0) is 10.3 Å². The molecule has 0 bridgehead atoms. The Hall–Kier alpha value is -0.710. The highest BCUT2D eigenvalue weighted by atomic mass is 79.9. The second-order valence-electron chi connectivity index (χ2n) is 5.57. The van der Waals surface area contributed by atoms with Crippen molar-refractivity contribution in [3.05, 3.63) is 38.6 Å². The first kappa shape index (κ1) is 15.2. The van der Waals surface area contributed by atoms with Crippen molar-refractivity contribution >= 4 is 27.3 Å². The van der Waals surface area contributed by atoms with Crippen LogP contribution in [0.5, 0.6) is 0 Å². The number of ether oxygens (including phenoxy) is 1. The number of thiazole rings is 1. The molecule has 0 unspecified atom stereocenters. The van der Waals surface area contributed by atoms with Gasteiger partial charge in [-0.2, -0.15) is 0 Å². The van der Waals surface area contributed by atoms with Crippen LogP contribution in [0.3, 0.4) is 0 Å². The Morgan fingerprint density at radius 1 is 1.24 bits per heavy atom. The van der Waals surface area contributed by atoms with Crippen LogP contribution in [0.1, 0.15) is 42.5 Å². The van der Waals surface area contributed by atoms with E-state index in [2.05, 4.69) is 54.0 Å². The normalized spacial score (nSPS) is 17.3. The number of rotatable bonds is 4. The van der Waals surface area contributed by atoms with Crippen molar-refractivity contribution in [2.75, 3.05) is 6.61 Å². The van der Waals surface area contributed by atoms with Gasteiger partial charge in [-0.15, -0.1) is 11.3 Å². The van der Waals surface area contributed by atoms with Crippen LogP contribution >= 0.6 is 27.3 Å². The molecule has 0 radical (unpaired) electrons. The van der Waals surface area contributed by atoms with Crippen molar-refractivity contribution in [1.82, 2.24) is 4.98 Å². The third-order valence-corrected chi connectivity index (χ3v) is 5.82. The number of hydrogen-bond acceptors (Lipinski definition) is 3. The van der Waals surface area contributed by atoms with E-state index in [1.807, 2.05) is 0 Å². The molecular formula is C17H20BrNOS. The summed E-state index contributed by atoms with van der Waals surface area (Å²) < 4.78 is 7.24. The summed E-state index contributed by atoms with van der Waals surface area (Å²) in [5.74, 6) is 0. The lowest BCUT2D eigenvalue weighted by molar-refractivity contribution is -0.0390. The van der Waals surface area contributed by atoms with Gasteiger partial charge in [-0.25, -0.2) is 4.98 Å². The van der Waals surface area contributed by atoms with Crippen molar-refractivity contribution in [3.8, 4) is 11.3 Å². The molecule has 0 N–H and O–H groups in total. The van der Waals surface area contributed by atoms with E-state index in [4.69, 9.17) is 9.72 Å². The molecule has 0 amide bonds. The average molecular weight is 366 g/mol. The zero-order valence-corrected chi connectivity index (χ0v) is 14.9. The van der Waals surface area contributed by atoms with Gasteiger partial charge < -0.3 is 4.74 Å². The molecule has 0 spiro atoms. The fourth-order valence-corrected chi connectivity index (χ4v) is 4.51. The molecule has 112 valence electrons. The van der Waals surface area contributed by atoms with Gasteiger partial charge in [0, 0.05) is 21.5 Å². The van der Waals surface area contributed by atoms with Gasteiger partial charge in [0.05, 0.1) is 5.69 Å². The molecular weight excluding hydrogens is 346 g/mol. The maximum atomic E-state index is 6.14. The lowest BCUT2D eigenvalue weighted by Crippen LogP contribution is -2.25. The predicted octanol–water partition coefficient (Wildman–Crippen LogP) is 5.69. The minimum Gasteiger partial charge on any atom is -0.368 e. The highest BCUT2D eigenvalue weighted by Gasteiger charge is 2.39. The van der Waals surface area contributed by atoms with E-state index in [9.17, 15) is 0 Å². The predicted molar refractivity (Wildman–Crippen MR) is 91.8 cm³/mol. The van der Waals surface area contributed by atoms with Gasteiger partial charge >= 0.3 is 0 Å². The minimum absolute atomic E-state index is 0.127. The lowest BCUT2D eigenvalue weighted by atomic mass is 10.0. The summed E-state index contributed by atoms with van der Waals surface area (Å²) in [6.07, 6.45) is 4.69. The zero-order valence-electron chi connectivity index (χ0n) is 12.5. The molecule has 1 aliphatic rings. The molecule has 1 aliphatic carbocycles. The number of hydrogen-bond donors (Lipinski definition) is 0. The van der Waals surface area contributed by atoms with E-state index in [0.717, 1.165) is 34.6 Å². The van der Waals surface area contributed by atoms with Crippen LogP contribution in [0.15, 0.2) is 28.7 Å². The zero-order chi connectivity index (χ0) is 14.9. The maximum absolute atomic E-state index is 6.14. The first-order valence-corrected chi connectivity index (χ1v) is 9.13. The number of nitrogens with zero attached hydrogens (tertiary/aromatic N) is 1. The van der Waals surface area contributed by atoms with Gasteiger partial charge in [-0.1, -0.05) is 40.9 Å². The van der Waals surface area contributed by atoms with Crippen molar-refractivity contribution in [2.45, 2.75) is 45.1 Å². The Bertz CT molecular complexity index is 614. The van der Waals surface area contributed by atoms with Crippen molar-refractivity contribution < 1.29 is 4.74 Å². The topological polar surface area (TPSA) is 22.1 Å². The van der Waals surface area contributed by atoms with E-state index in [1.165, 1.54) is 23.3 Å². The molecule has 3 rings (SSSR count). The van der Waals surface area contributed by atoms with Gasteiger partial charge in [-0.3, -0.25) is 0 Å². The first-order valence-electron chi connectivity index (χ1n) is 7.52. The van der Waals surface area contributed by atoms with Crippen LogP contribution in [0.2, 0.25) is 0 Å². The smallest absolute Gasteiger partial charge is 0.126 e. The molecule has 1 fully saturated rings. The van der Waals surface area contributed by atoms with Crippen LogP contribution < -0.4 is 0 Å². The summed E-state index contributed by atoms with van der Waals surface area (Å²) in [5, 5.41) is 1.16. The Morgan fingerprint density at radius 2 is 1.90 bits per heavy atom. The van der Waals surface area contributed by atoms with Crippen LogP contribution in [-0.4, -0.2) is 11.6 Å². The van der Waals surface area contributed by atoms with Gasteiger partial charge in [0.25, 0.3) is 0 Å². The number of aromatic nitrogens is 1. The SMILES string of the molecule is CCOC1(c2nc(-c3ccc(Br)cc3)c(C)s2)CCCC1. The molecule has 1 aromatic carbocycles. The molecule has 0 saturated heterocycles. The van der Waals surface area contributed by atoms with E-state index in [0.29, 0.717) is 0 Å². The second-order valence-corrected chi connectivity index (χ2v) is 7.68. The van der Waals surface area contributed by atoms with Gasteiger partial charge in [0.2, 0.25) is 0 Å². The van der Waals surface area contributed by atoms with E-state index < -0.39 is 0 Å². The quantitative estimate of drug-likeness (QED) is 0.694. The standard InChI is InChI=1S/C17H20BrNOS/c1-3-20-17(10-4-5-11-17)16-19-15(12(2)21-16)13-6-8-14(18)9-7-13/h6-9H,3-5,10-11H2,1-2H3. The third-order valence-electron chi connectivity index (χ3n) is 4.14. The molecule has 2 aromatic rings. The molecule has 0 atom stereocenters. The van der Waals surface area contributed by atoms with E-state index in [1.54, 1.807) is 11.3 Å². The minimum atomic E-state index is -0.127. The Morgan fingerprint density at radius 3 is 2.52 bits per heavy atom. The van der Waals surface area contributed by atoms with Gasteiger partial charge in [0.15, 0.2) is 0 Å². The van der Waals surface area contributed by atoms with Crippen LogP contribution in [0.25, 0.3) is 11.3 Å². The van der Waals surface area contributed by atoms with Crippen molar-refractivity contribution in [1.29, 1.82) is 0 Å². The fourth-order valence-electron chi connectivity index (χ4n) is 3.11. The number of benzene rings is 1. The molecule has 21 heavy (non-hydrogen) atoms. The Balaban J connectivity index is 1.98. The lowest BCUT2D eigenvalue weighted by Gasteiger charge is -2.26. The summed E-state index contributed by atoms with van der Waals surface area (Å²) in [4.78, 5) is 6.24. The molecule has 1 saturated carbocycles. The summed E-state index contributed by atoms with van der Waals surface area (Å²) in [7, 11) is 0. The third kappa shape index (κ3) is 2.94. The molecule has 1 heterocycles. The Labute approximate surface area is 138 Å². The van der Waals surface area contributed by atoms with Crippen molar-refractivity contribution in [3.63, 3.8) is 0 Å². The van der Waals surface area contributed by atoms with Crippen LogP contribution in [0, 0.1) is 6.92 Å². The monoisotopic (exact) mass is 365 g/mol. The molecule has 1 aromatic heterocycles. The molecule has 0 aliphatic heterocycles. The summed E-state index contributed by atoms with van der Waals surface area (Å²) in [6.45, 7) is 5.00. The number of halogens is 1. The highest BCUT2D eigenvalue weighted by Crippen LogP contribution is 2.45. The summed E-state index contributed by atoms with van der Waals surface area (Å²) in [6, 6.07) is 8.39.